The molecule has 0 aromatic carbocycles. The predicted molar refractivity (Wildman–Crippen MR) is 52.8 cm³/mol. The van der Waals surface area contributed by atoms with Crippen LogP contribution in [-0.4, -0.2) is 0 Å². The molecule has 0 nitrogen and oxygen atoms in total. The topological polar surface area (TPSA) is 0 Å². The van der Waals surface area contributed by atoms with Crippen molar-refractivity contribution in [1.29, 1.82) is 0 Å². The van der Waals surface area contributed by atoms with Crippen LogP contribution >= 0.6 is 0 Å². The van der Waals surface area contributed by atoms with Gasteiger partial charge in [-0.15, -0.1) is 0 Å². The SMILES string of the molecule is CC(C1=CC=CC1)C1=CC=CC1. The van der Waals surface area contributed by atoms with Crippen LogP contribution in [0.25, 0.3) is 0 Å². The molecule has 0 aromatic rings. The van der Waals surface area contributed by atoms with Gasteiger partial charge in [0, 0.05) is 0 Å². The van der Waals surface area contributed by atoms with Crippen molar-refractivity contribution in [2.75, 3.05) is 0 Å². The molecule has 0 heteroatoms. The lowest BCUT2D eigenvalue weighted by Gasteiger charge is -2.13. The summed E-state index contributed by atoms with van der Waals surface area (Å²) < 4.78 is 0. The summed E-state index contributed by atoms with van der Waals surface area (Å²) in [6.45, 7) is 2.30. The summed E-state index contributed by atoms with van der Waals surface area (Å²) in [4.78, 5) is 0. The Balaban J connectivity index is 2.05. The minimum atomic E-state index is 0.648. The summed E-state index contributed by atoms with van der Waals surface area (Å²) in [7, 11) is 0. The Bertz CT molecular complexity index is 257. The van der Waals surface area contributed by atoms with Gasteiger partial charge in [0.2, 0.25) is 0 Å². The van der Waals surface area contributed by atoms with Gasteiger partial charge in [0.25, 0.3) is 0 Å². The Hall–Kier alpha value is -1.04. The maximum Gasteiger partial charge on any atom is -0.000898 e. The molecule has 2 rings (SSSR count). The fraction of sp³-hybridized carbons (Fsp3) is 0.333. The first-order valence-electron chi connectivity index (χ1n) is 4.59. The molecular formula is C12H14. The van der Waals surface area contributed by atoms with Crippen molar-refractivity contribution in [2.45, 2.75) is 19.8 Å². The molecule has 62 valence electrons. The van der Waals surface area contributed by atoms with Crippen LogP contribution in [0.3, 0.4) is 0 Å². The molecule has 0 saturated carbocycles. The van der Waals surface area contributed by atoms with Crippen LogP contribution in [0.4, 0.5) is 0 Å². The van der Waals surface area contributed by atoms with E-state index in [1.54, 1.807) is 11.1 Å². The Labute approximate surface area is 74.0 Å². The van der Waals surface area contributed by atoms with Gasteiger partial charge in [0.1, 0.15) is 0 Å². The van der Waals surface area contributed by atoms with Crippen LogP contribution in [0.1, 0.15) is 19.8 Å². The fourth-order valence-electron chi connectivity index (χ4n) is 1.81. The summed E-state index contributed by atoms with van der Waals surface area (Å²) in [5.74, 6) is 0.648. The largest absolute Gasteiger partial charge is 0.0804 e. The highest BCUT2D eigenvalue weighted by molar-refractivity contribution is 5.35. The predicted octanol–water partition coefficient (Wildman–Crippen LogP) is 3.40. The fourth-order valence-corrected chi connectivity index (χ4v) is 1.81. The Morgan fingerprint density at radius 3 is 1.83 bits per heavy atom. The maximum absolute atomic E-state index is 2.30. The molecule has 0 unspecified atom stereocenters. The van der Waals surface area contributed by atoms with E-state index in [0.29, 0.717) is 5.92 Å². The number of hydrogen-bond donors (Lipinski definition) is 0. The van der Waals surface area contributed by atoms with Crippen molar-refractivity contribution >= 4 is 0 Å². The average molecular weight is 158 g/mol. The van der Waals surface area contributed by atoms with E-state index in [2.05, 4.69) is 43.4 Å². The summed E-state index contributed by atoms with van der Waals surface area (Å²) >= 11 is 0. The molecule has 2 aliphatic carbocycles. The number of allylic oxidation sites excluding steroid dienone is 8. The Morgan fingerprint density at radius 2 is 1.50 bits per heavy atom. The van der Waals surface area contributed by atoms with Crippen molar-refractivity contribution in [2.24, 2.45) is 5.92 Å². The van der Waals surface area contributed by atoms with Crippen LogP contribution in [0.5, 0.6) is 0 Å². The van der Waals surface area contributed by atoms with Gasteiger partial charge in [-0.1, -0.05) is 54.5 Å². The highest BCUT2D eigenvalue weighted by Crippen LogP contribution is 2.30. The molecule has 0 spiro atoms. The van der Waals surface area contributed by atoms with Crippen molar-refractivity contribution in [1.82, 2.24) is 0 Å². The first-order valence-corrected chi connectivity index (χ1v) is 4.59. The van der Waals surface area contributed by atoms with Gasteiger partial charge < -0.3 is 0 Å². The molecule has 0 bridgehead atoms. The molecule has 12 heavy (non-hydrogen) atoms. The highest BCUT2D eigenvalue weighted by Gasteiger charge is 2.14. The van der Waals surface area contributed by atoms with E-state index in [9.17, 15) is 0 Å². The zero-order valence-corrected chi connectivity index (χ0v) is 7.46. The van der Waals surface area contributed by atoms with Crippen LogP contribution in [0.2, 0.25) is 0 Å². The van der Waals surface area contributed by atoms with E-state index < -0.39 is 0 Å². The molecule has 0 heterocycles. The molecule has 0 N–H and O–H groups in total. The van der Waals surface area contributed by atoms with Gasteiger partial charge in [-0.3, -0.25) is 0 Å². The molecule has 0 aromatic heterocycles. The first-order chi connectivity index (χ1) is 5.88. The third-order valence-electron chi connectivity index (χ3n) is 2.71. The molecule has 0 fully saturated rings. The molecule has 0 saturated heterocycles. The van der Waals surface area contributed by atoms with Gasteiger partial charge in [-0.25, -0.2) is 0 Å². The minimum absolute atomic E-state index is 0.648. The normalized spacial score (nSPS) is 20.5. The zero-order valence-electron chi connectivity index (χ0n) is 7.46. The third-order valence-corrected chi connectivity index (χ3v) is 2.71. The molecular weight excluding hydrogens is 144 g/mol. The number of rotatable bonds is 2. The van der Waals surface area contributed by atoms with Crippen LogP contribution in [0.15, 0.2) is 47.6 Å². The lowest BCUT2D eigenvalue weighted by atomic mass is 9.91. The van der Waals surface area contributed by atoms with Gasteiger partial charge in [0.15, 0.2) is 0 Å². The summed E-state index contributed by atoms with van der Waals surface area (Å²) in [5, 5.41) is 0. The standard InChI is InChI=1S/C12H14/c1-10(11-6-2-3-7-11)12-8-4-5-9-12/h2-6,8,10H,7,9H2,1H3. The lowest BCUT2D eigenvalue weighted by molar-refractivity contribution is 0.767. The van der Waals surface area contributed by atoms with Crippen molar-refractivity contribution < 1.29 is 0 Å². The Kier molecular flexibility index (Phi) is 1.99. The second-order valence-electron chi connectivity index (χ2n) is 3.47. The maximum atomic E-state index is 2.30. The van der Waals surface area contributed by atoms with E-state index in [1.165, 1.54) is 0 Å². The lowest BCUT2D eigenvalue weighted by Crippen LogP contribution is -1.99. The smallest absolute Gasteiger partial charge is 0.000898 e. The molecule has 0 atom stereocenters. The van der Waals surface area contributed by atoms with Crippen molar-refractivity contribution in [3.63, 3.8) is 0 Å². The molecule has 0 radical (unpaired) electrons. The second kappa shape index (κ2) is 3.14. The molecule has 0 aliphatic heterocycles. The van der Waals surface area contributed by atoms with Crippen molar-refractivity contribution in [3.8, 4) is 0 Å². The quantitative estimate of drug-likeness (QED) is 0.577. The summed E-state index contributed by atoms with van der Waals surface area (Å²) in [6, 6.07) is 0. The van der Waals surface area contributed by atoms with Gasteiger partial charge >= 0.3 is 0 Å². The van der Waals surface area contributed by atoms with Crippen LogP contribution < -0.4 is 0 Å². The van der Waals surface area contributed by atoms with Crippen LogP contribution in [0, 0.1) is 5.92 Å². The monoisotopic (exact) mass is 158 g/mol. The van der Waals surface area contributed by atoms with E-state index in [4.69, 9.17) is 0 Å². The minimum Gasteiger partial charge on any atom is -0.0804 e. The van der Waals surface area contributed by atoms with Crippen molar-refractivity contribution in [3.05, 3.63) is 47.6 Å². The third kappa shape index (κ3) is 1.29. The van der Waals surface area contributed by atoms with Gasteiger partial charge in [-0.2, -0.15) is 0 Å². The Morgan fingerprint density at radius 1 is 1.00 bits per heavy atom. The average Bonchev–Trinajstić information content (AvgIpc) is 2.77. The van der Waals surface area contributed by atoms with Gasteiger partial charge in [0.05, 0.1) is 0 Å². The van der Waals surface area contributed by atoms with E-state index in [0.717, 1.165) is 12.8 Å². The first kappa shape index (κ1) is 7.60. The number of hydrogen-bond acceptors (Lipinski definition) is 0. The van der Waals surface area contributed by atoms with Gasteiger partial charge in [-0.05, 0) is 18.8 Å². The summed E-state index contributed by atoms with van der Waals surface area (Å²) in [5.41, 5.74) is 3.12. The summed E-state index contributed by atoms with van der Waals surface area (Å²) in [6.07, 6.45) is 15.6. The van der Waals surface area contributed by atoms with E-state index >= 15 is 0 Å². The second-order valence-corrected chi connectivity index (χ2v) is 3.47. The van der Waals surface area contributed by atoms with Crippen LogP contribution in [-0.2, 0) is 0 Å². The van der Waals surface area contributed by atoms with E-state index in [-0.39, 0.29) is 0 Å². The molecule has 2 aliphatic rings. The highest BCUT2D eigenvalue weighted by atomic mass is 14.2. The molecule has 0 amide bonds. The zero-order chi connectivity index (χ0) is 8.39. The van der Waals surface area contributed by atoms with E-state index in [1.807, 2.05) is 0 Å².